The lowest BCUT2D eigenvalue weighted by atomic mass is 10.4. The standard InChI is InChI=1S/C4H10N2O4S/c1-10-4(7)3(5)2-11(6,8)9/h3H,2,5H2,1H3,(H2,6,8,9)/t3-/m0/s1. The molecule has 11 heavy (non-hydrogen) atoms. The molecule has 0 bridgehead atoms. The van der Waals surface area contributed by atoms with Gasteiger partial charge in [-0.25, -0.2) is 13.6 Å². The van der Waals surface area contributed by atoms with Crippen molar-refractivity contribution in [3.8, 4) is 0 Å². The van der Waals surface area contributed by atoms with Gasteiger partial charge in [0, 0.05) is 0 Å². The van der Waals surface area contributed by atoms with Crippen LogP contribution in [-0.4, -0.2) is 33.3 Å². The average molecular weight is 182 g/mol. The number of primary sulfonamides is 1. The fourth-order valence-corrected chi connectivity index (χ4v) is 1.11. The van der Waals surface area contributed by atoms with Crippen molar-refractivity contribution in [2.75, 3.05) is 12.9 Å². The van der Waals surface area contributed by atoms with Gasteiger partial charge < -0.3 is 10.5 Å². The first-order chi connectivity index (χ1) is 4.87. The third kappa shape index (κ3) is 4.71. The van der Waals surface area contributed by atoms with Gasteiger partial charge >= 0.3 is 5.97 Å². The molecule has 0 aliphatic heterocycles. The largest absolute Gasteiger partial charge is 0.468 e. The van der Waals surface area contributed by atoms with E-state index in [1.807, 2.05) is 0 Å². The smallest absolute Gasteiger partial charge is 0.323 e. The van der Waals surface area contributed by atoms with Crippen LogP contribution in [0.2, 0.25) is 0 Å². The predicted molar refractivity (Wildman–Crippen MR) is 38.0 cm³/mol. The highest BCUT2D eigenvalue weighted by molar-refractivity contribution is 7.89. The Kier molecular flexibility index (Phi) is 3.43. The molecule has 0 rings (SSSR count). The molecule has 0 aromatic heterocycles. The van der Waals surface area contributed by atoms with E-state index in [9.17, 15) is 13.2 Å². The van der Waals surface area contributed by atoms with E-state index >= 15 is 0 Å². The maximum absolute atomic E-state index is 10.5. The molecule has 6 nitrogen and oxygen atoms in total. The quantitative estimate of drug-likeness (QED) is 0.480. The van der Waals surface area contributed by atoms with Crippen molar-refractivity contribution in [2.24, 2.45) is 10.9 Å². The maximum Gasteiger partial charge on any atom is 0.323 e. The lowest BCUT2D eigenvalue weighted by molar-refractivity contribution is -0.141. The Morgan fingerprint density at radius 2 is 2.09 bits per heavy atom. The fraction of sp³-hybridized carbons (Fsp3) is 0.750. The van der Waals surface area contributed by atoms with Crippen molar-refractivity contribution in [1.29, 1.82) is 0 Å². The highest BCUT2D eigenvalue weighted by atomic mass is 32.2. The maximum atomic E-state index is 10.5. The molecule has 66 valence electrons. The minimum Gasteiger partial charge on any atom is -0.468 e. The summed E-state index contributed by atoms with van der Waals surface area (Å²) < 4.78 is 24.9. The monoisotopic (exact) mass is 182 g/mol. The molecule has 0 aliphatic rings. The molecule has 4 N–H and O–H groups in total. The lowest BCUT2D eigenvalue weighted by Gasteiger charge is -2.05. The number of nitrogens with two attached hydrogens (primary N) is 2. The summed E-state index contributed by atoms with van der Waals surface area (Å²) >= 11 is 0. The molecular formula is C4H10N2O4S. The number of carbonyl (C=O) groups is 1. The first-order valence-electron chi connectivity index (χ1n) is 2.70. The second-order valence-corrected chi connectivity index (χ2v) is 3.62. The van der Waals surface area contributed by atoms with Gasteiger partial charge in [0.15, 0.2) is 0 Å². The highest BCUT2D eigenvalue weighted by Crippen LogP contribution is 1.87. The number of sulfonamides is 1. The molecule has 0 saturated heterocycles. The van der Waals surface area contributed by atoms with Crippen molar-refractivity contribution in [1.82, 2.24) is 0 Å². The number of esters is 1. The number of methoxy groups -OCH3 is 1. The van der Waals surface area contributed by atoms with E-state index in [0.29, 0.717) is 0 Å². The number of carbonyl (C=O) groups excluding carboxylic acids is 1. The third-order valence-corrected chi connectivity index (χ3v) is 1.74. The summed E-state index contributed by atoms with van der Waals surface area (Å²) in [4.78, 5) is 10.5. The Balaban J connectivity index is 4.09. The van der Waals surface area contributed by atoms with Gasteiger partial charge in [-0.05, 0) is 0 Å². The van der Waals surface area contributed by atoms with Crippen LogP contribution < -0.4 is 10.9 Å². The van der Waals surface area contributed by atoms with E-state index in [2.05, 4.69) is 9.88 Å². The zero-order valence-electron chi connectivity index (χ0n) is 5.98. The summed E-state index contributed by atoms with van der Waals surface area (Å²) in [5.41, 5.74) is 5.08. The van der Waals surface area contributed by atoms with Crippen LogP contribution in [0.5, 0.6) is 0 Å². The molecule has 0 spiro atoms. The Morgan fingerprint density at radius 3 is 2.36 bits per heavy atom. The number of hydrogen-bond acceptors (Lipinski definition) is 5. The first-order valence-corrected chi connectivity index (χ1v) is 4.42. The Hall–Kier alpha value is -0.660. The Labute approximate surface area is 64.5 Å². The molecule has 1 atom stereocenters. The van der Waals surface area contributed by atoms with Crippen LogP contribution >= 0.6 is 0 Å². The molecule has 0 amide bonds. The predicted octanol–water partition coefficient (Wildman–Crippen LogP) is -2.22. The summed E-state index contributed by atoms with van der Waals surface area (Å²) in [7, 11) is -2.59. The van der Waals surface area contributed by atoms with E-state index in [4.69, 9.17) is 5.73 Å². The molecule has 0 heterocycles. The lowest BCUT2D eigenvalue weighted by Crippen LogP contribution is -2.40. The molecule has 0 radical (unpaired) electrons. The van der Waals surface area contributed by atoms with Crippen LogP contribution in [0, 0.1) is 0 Å². The molecule has 0 aromatic rings. The summed E-state index contributed by atoms with van der Waals surface area (Å²) in [5, 5.41) is 4.61. The molecule has 0 fully saturated rings. The van der Waals surface area contributed by atoms with Gasteiger partial charge in [0.05, 0.1) is 12.9 Å². The van der Waals surface area contributed by atoms with Gasteiger partial charge in [-0.15, -0.1) is 0 Å². The number of rotatable bonds is 3. The zero-order chi connectivity index (χ0) is 9.07. The summed E-state index contributed by atoms with van der Waals surface area (Å²) in [6.45, 7) is 0. The van der Waals surface area contributed by atoms with Gasteiger partial charge in [0.2, 0.25) is 10.0 Å². The minimum atomic E-state index is -3.70. The van der Waals surface area contributed by atoms with Gasteiger partial charge in [-0.2, -0.15) is 0 Å². The van der Waals surface area contributed by atoms with Crippen LogP contribution in [0.25, 0.3) is 0 Å². The SMILES string of the molecule is COC(=O)[C@@H](N)CS(N)(=O)=O. The average Bonchev–Trinajstić information content (AvgIpc) is 1.82. The van der Waals surface area contributed by atoms with Crippen LogP contribution in [-0.2, 0) is 19.6 Å². The minimum absolute atomic E-state index is 0.598. The van der Waals surface area contributed by atoms with Crippen LogP contribution in [0.1, 0.15) is 0 Å². The van der Waals surface area contributed by atoms with E-state index in [1.54, 1.807) is 0 Å². The molecule has 0 aromatic carbocycles. The zero-order valence-corrected chi connectivity index (χ0v) is 6.80. The van der Waals surface area contributed by atoms with E-state index in [-0.39, 0.29) is 0 Å². The van der Waals surface area contributed by atoms with E-state index < -0.39 is 27.8 Å². The Bertz CT molecular complexity index is 234. The number of hydrogen-bond donors (Lipinski definition) is 2. The molecule has 0 aliphatic carbocycles. The summed E-state index contributed by atoms with van der Waals surface area (Å²) in [6, 6.07) is -1.20. The Morgan fingerprint density at radius 1 is 1.64 bits per heavy atom. The molecule has 0 saturated carbocycles. The first kappa shape index (κ1) is 10.3. The molecule has 0 unspecified atom stereocenters. The summed E-state index contributed by atoms with van der Waals surface area (Å²) in [5.74, 6) is -1.39. The van der Waals surface area contributed by atoms with Crippen LogP contribution in [0.4, 0.5) is 0 Å². The van der Waals surface area contributed by atoms with Crippen molar-refractivity contribution in [3.05, 3.63) is 0 Å². The van der Waals surface area contributed by atoms with Gasteiger partial charge in [0.25, 0.3) is 0 Å². The molecular weight excluding hydrogens is 172 g/mol. The van der Waals surface area contributed by atoms with Gasteiger partial charge in [-0.3, -0.25) is 4.79 Å². The number of ether oxygens (including phenoxy) is 1. The van der Waals surface area contributed by atoms with Gasteiger partial charge in [-0.1, -0.05) is 0 Å². The normalized spacial score (nSPS) is 14.1. The van der Waals surface area contributed by atoms with Gasteiger partial charge in [0.1, 0.15) is 6.04 Å². The van der Waals surface area contributed by atoms with Crippen molar-refractivity contribution in [2.45, 2.75) is 6.04 Å². The van der Waals surface area contributed by atoms with Crippen LogP contribution in [0.15, 0.2) is 0 Å². The van der Waals surface area contributed by atoms with Crippen molar-refractivity contribution in [3.63, 3.8) is 0 Å². The second-order valence-electron chi connectivity index (χ2n) is 1.96. The molecule has 7 heteroatoms. The van der Waals surface area contributed by atoms with E-state index in [1.165, 1.54) is 0 Å². The second kappa shape index (κ2) is 3.65. The van der Waals surface area contributed by atoms with E-state index in [0.717, 1.165) is 7.11 Å². The van der Waals surface area contributed by atoms with Crippen molar-refractivity contribution >= 4 is 16.0 Å². The van der Waals surface area contributed by atoms with Crippen LogP contribution in [0.3, 0.4) is 0 Å². The fourth-order valence-electron chi connectivity index (χ4n) is 0.470. The third-order valence-electron chi connectivity index (χ3n) is 0.916. The highest BCUT2D eigenvalue weighted by Gasteiger charge is 2.19. The topological polar surface area (TPSA) is 112 Å². The van der Waals surface area contributed by atoms with Crippen molar-refractivity contribution < 1.29 is 17.9 Å². The summed E-state index contributed by atoms with van der Waals surface area (Å²) in [6.07, 6.45) is 0.